The van der Waals surface area contributed by atoms with E-state index in [4.69, 9.17) is 9.47 Å². The molecule has 5 nitrogen and oxygen atoms in total. The minimum atomic E-state index is -0.670. The second-order valence-electron chi connectivity index (χ2n) is 6.02. The molecule has 1 aliphatic heterocycles. The molecule has 2 aromatic carbocycles. The maximum Gasteiger partial charge on any atom is 0.196 e. The van der Waals surface area contributed by atoms with E-state index in [1.54, 1.807) is 4.57 Å². The van der Waals surface area contributed by atoms with Gasteiger partial charge in [0.05, 0.1) is 18.4 Å². The lowest BCUT2D eigenvalue weighted by Gasteiger charge is -2.22. The molecule has 140 valence electrons. The van der Waals surface area contributed by atoms with Crippen molar-refractivity contribution in [3.63, 3.8) is 0 Å². The van der Waals surface area contributed by atoms with Gasteiger partial charge in [0, 0.05) is 17.4 Å². The maximum absolute atomic E-state index is 14.5. The van der Waals surface area contributed by atoms with Gasteiger partial charge in [0.25, 0.3) is 0 Å². The Balaban J connectivity index is 1.71. The SMILES string of the molecule is Fc1ccc(-n2c(SC[C@@H]3CCOCO3)nnc2-c2ccccc2)c(F)c1. The first-order chi connectivity index (χ1) is 13.2. The Kier molecular flexibility index (Phi) is 5.47. The average molecular weight is 389 g/mol. The zero-order valence-electron chi connectivity index (χ0n) is 14.3. The Morgan fingerprint density at radius 2 is 1.96 bits per heavy atom. The minimum absolute atomic E-state index is 0.0344. The van der Waals surface area contributed by atoms with E-state index in [9.17, 15) is 8.78 Å². The highest BCUT2D eigenvalue weighted by atomic mass is 32.2. The molecule has 1 saturated heterocycles. The van der Waals surface area contributed by atoms with Crippen LogP contribution in [0, 0.1) is 11.6 Å². The lowest BCUT2D eigenvalue weighted by atomic mass is 10.2. The van der Waals surface area contributed by atoms with Gasteiger partial charge in [-0.3, -0.25) is 4.57 Å². The maximum atomic E-state index is 14.5. The molecule has 0 unspecified atom stereocenters. The fourth-order valence-corrected chi connectivity index (χ4v) is 3.83. The topological polar surface area (TPSA) is 49.2 Å². The monoisotopic (exact) mass is 389 g/mol. The van der Waals surface area contributed by atoms with Gasteiger partial charge in [-0.25, -0.2) is 8.78 Å². The third-order valence-electron chi connectivity index (χ3n) is 4.19. The highest BCUT2D eigenvalue weighted by Gasteiger charge is 2.21. The molecular weight excluding hydrogens is 372 g/mol. The summed E-state index contributed by atoms with van der Waals surface area (Å²) < 4.78 is 40.3. The Hall–Kier alpha value is -2.29. The standard InChI is InChI=1S/C19H17F2N3O2S/c20-14-6-7-17(16(21)10-14)24-18(13-4-2-1-3-5-13)22-23-19(24)27-11-15-8-9-25-12-26-15/h1-7,10,15H,8-9,11-12H2/t15-/m0/s1. The largest absolute Gasteiger partial charge is 0.355 e. The molecule has 1 atom stereocenters. The first kappa shape index (κ1) is 18.1. The van der Waals surface area contributed by atoms with Gasteiger partial charge in [0.1, 0.15) is 18.4 Å². The van der Waals surface area contributed by atoms with Gasteiger partial charge in [-0.1, -0.05) is 42.1 Å². The van der Waals surface area contributed by atoms with Crippen LogP contribution in [-0.4, -0.2) is 40.0 Å². The van der Waals surface area contributed by atoms with Crippen LogP contribution >= 0.6 is 11.8 Å². The number of rotatable bonds is 5. The quantitative estimate of drug-likeness (QED) is 0.616. The fraction of sp³-hybridized carbons (Fsp3) is 0.263. The molecule has 0 spiro atoms. The summed E-state index contributed by atoms with van der Waals surface area (Å²) in [5.41, 5.74) is 0.999. The molecule has 3 aromatic rings. The lowest BCUT2D eigenvalue weighted by Crippen LogP contribution is -2.25. The van der Waals surface area contributed by atoms with Crippen molar-refractivity contribution in [1.29, 1.82) is 0 Å². The molecule has 0 saturated carbocycles. The molecule has 1 fully saturated rings. The number of hydrogen-bond donors (Lipinski definition) is 0. The summed E-state index contributed by atoms with van der Waals surface area (Å²) in [5.74, 6) is -0.165. The molecule has 0 aliphatic carbocycles. The summed E-state index contributed by atoms with van der Waals surface area (Å²) in [6, 6.07) is 12.9. The molecule has 0 radical (unpaired) electrons. The predicted octanol–water partition coefficient (Wildman–Crippen LogP) is 4.07. The summed E-state index contributed by atoms with van der Waals surface area (Å²) in [4.78, 5) is 0. The van der Waals surface area contributed by atoms with E-state index in [1.807, 2.05) is 30.3 Å². The summed E-state index contributed by atoms with van der Waals surface area (Å²) in [6.45, 7) is 0.930. The van der Waals surface area contributed by atoms with Crippen LogP contribution in [0.15, 0.2) is 53.7 Å². The molecule has 27 heavy (non-hydrogen) atoms. The van der Waals surface area contributed by atoms with Gasteiger partial charge in [-0.2, -0.15) is 0 Å². The van der Waals surface area contributed by atoms with Crippen LogP contribution < -0.4 is 0 Å². The Morgan fingerprint density at radius 3 is 2.70 bits per heavy atom. The van der Waals surface area contributed by atoms with Crippen LogP contribution in [0.4, 0.5) is 8.78 Å². The van der Waals surface area contributed by atoms with E-state index in [0.717, 1.165) is 18.1 Å². The van der Waals surface area contributed by atoms with Gasteiger partial charge >= 0.3 is 0 Å². The lowest BCUT2D eigenvalue weighted by molar-refractivity contribution is -0.130. The molecular formula is C19H17F2N3O2S. The number of aromatic nitrogens is 3. The second kappa shape index (κ2) is 8.16. The zero-order valence-corrected chi connectivity index (χ0v) is 15.2. The second-order valence-corrected chi connectivity index (χ2v) is 7.00. The number of hydrogen-bond acceptors (Lipinski definition) is 5. The molecule has 1 aromatic heterocycles. The third-order valence-corrected chi connectivity index (χ3v) is 5.25. The van der Waals surface area contributed by atoms with Crippen LogP contribution in [0.2, 0.25) is 0 Å². The predicted molar refractivity (Wildman–Crippen MR) is 97.7 cm³/mol. The number of ether oxygens (including phenoxy) is 2. The average Bonchev–Trinajstić information content (AvgIpc) is 3.11. The Labute approximate surface area is 159 Å². The van der Waals surface area contributed by atoms with Crippen LogP contribution in [0.3, 0.4) is 0 Å². The molecule has 1 aliphatic rings. The smallest absolute Gasteiger partial charge is 0.196 e. The van der Waals surface area contributed by atoms with E-state index in [1.165, 1.54) is 23.9 Å². The number of thioether (sulfide) groups is 1. The van der Waals surface area contributed by atoms with Crippen molar-refractivity contribution in [1.82, 2.24) is 14.8 Å². The minimum Gasteiger partial charge on any atom is -0.355 e. The van der Waals surface area contributed by atoms with Crippen molar-refractivity contribution < 1.29 is 18.3 Å². The Bertz CT molecular complexity index is 915. The van der Waals surface area contributed by atoms with Gasteiger partial charge in [-0.05, 0) is 18.6 Å². The van der Waals surface area contributed by atoms with Crippen LogP contribution in [-0.2, 0) is 9.47 Å². The van der Waals surface area contributed by atoms with Crippen molar-refractivity contribution in [3.05, 3.63) is 60.2 Å². The normalized spacial score (nSPS) is 17.2. The van der Waals surface area contributed by atoms with E-state index < -0.39 is 11.6 Å². The number of halogens is 2. The Morgan fingerprint density at radius 1 is 1.11 bits per heavy atom. The molecule has 0 amide bonds. The van der Waals surface area contributed by atoms with Gasteiger partial charge < -0.3 is 9.47 Å². The highest BCUT2D eigenvalue weighted by Crippen LogP contribution is 2.30. The first-order valence-electron chi connectivity index (χ1n) is 8.51. The summed E-state index contributed by atoms with van der Waals surface area (Å²) in [5, 5.41) is 9.02. The van der Waals surface area contributed by atoms with Crippen molar-refractivity contribution in [3.8, 4) is 17.1 Å². The summed E-state index contributed by atoms with van der Waals surface area (Å²) in [6.07, 6.45) is 0.824. The molecule has 0 N–H and O–H groups in total. The zero-order chi connectivity index (χ0) is 18.6. The molecule has 4 rings (SSSR count). The van der Waals surface area contributed by atoms with E-state index >= 15 is 0 Å². The van der Waals surface area contributed by atoms with Crippen LogP contribution in [0.1, 0.15) is 6.42 Å². The first-order valence-corrected chi connectivity index (χ1v) is 9.49. The van der Waals surface area contributed by atoms with Crippen LogP contribution in [0.5, 0.6) is 0 Å². The number of benzene rings is 2. The van der Waals surface area contributed by atoms with Crippen molar-refractivity contribution in [2.24, 2.45) is 0 Å². The molecule has 0 bridgehead atoms. The molecule has 2 heterocycles. The fourth-order valence-electron chi connectivity index (χ4n) is 2.82. The van der Waals surface area contributed by atoms with E-state index in [-0.39, 0.29) is 18.6 Å². The van der Waals surface area contributed by atoms with Crippen molar-refractivity contribution in [2.45, 2.75) is 17.7 Å². The van der Waals surface area contributed by atoms with Crippen molar-refractivity contribution in [2.75, 3.05) is 19.2 Å². The van der Waals surface area contributed by atoms with Gasteiger partial charge in [0.2, 0.25) is 0 Å². The van der Waals surface area contributed by atoms with Crippen LogP contribution in [0.25, 0.3) is 17.1 Å². The highest BCUT2D eigenvalue weighted by molar-refractivity contribution is 7.99. The number of nitrogens with zero attached hydrogens (tertiary/aromatic N) is 3. The van der Waals surface area contributed by atoms with Crippen molar-refractivity contribution >= 4 is 11.8 Å². The summed E-state index contributed by atoms with van der Waals surface area (Å²) in [7, 11) is 0. The molecule has 8 heteroatoms. The van der Waals surface area contributed by atoms with Gasteiger partial charge in [0.15, 0.2) is 11.0 Å². The summed E-state index contributed by atoms with van der Waals surface area (Å²) >= 11 is 1.43. The van der Waals surface area contributed by atoms with Gasteiger partial charge in [-0.15, -0.1) is 10.2 Å². The third kappa shape index (κ3) is 4.02. The van der Waals surface area contributed by atoms with E-state index in [2.05, 4.69) is 10.2 Å². The van der Waals surface area contributed by atoms with E-state index in [0.29, 0.717) is 23.3 Å².